The molecule has 2 nitrogen and oxygen atoms in total. The maximum Gasteiger partial charge on any atom is 0.134 e. The van der Waals surface area contributed by atoms with E-state index < -0.39 is 0 Å². The number of benzene rings is 1. The summed E-state index contributed by atoms with van der Waals surface area (Å²) in [4.78, 5) is 22.2. The molecule has 0 aliphatic carbocycles. The number of ketones is 2. The van der Waals surface area contributed by atoms with E-state index in [1.54, 1.807) is 13.8 Å². The minimum atomic E-state index is 0.130. The second-order valence-electron chi connectivity index (χ2n) is 3.97. The molecule has 0 aromatic heterocycles. The summed E-state index contributed by atoms with van der Waals surface area (Å²) in [6.45, 7) is 5.12. The lowest BCUT2D eigenvalue weighted by molar-refractivity contribution is -0.117. The number of carbonyl (C=O) groups is 2. The molecule has 80 valence electrons. The summed E-state index contributed by atoms with van der Waals surface area (Å²) in [6.07, 6.45) is 0.847. The fourth-order valence-corrected chi connectivity index (χ4v) is 1.70. The van der Waals surface area contributed by atoms with Crippen molar-refractivity contribution in [1.29, 1.82) is 0 Å². The van der Waals surface area contributed by atoms with Crippen LogP contribution in [0.4, 0.5) is 0 Å². The third kappa shape index (κ3) is 3.31. The molecule has 0 N–H and O–H groups in total. The first-order chi connectivity index (χ1) is 7.00. The third-order valence-electron chi connectivity index (χ3n) is 2.37. The topological polar surface area (TPSA) is 34.1 Å². The minimum absolute atomic E-state index is 0.130. The molecule has 0 fully saturated rings. The second-order valence-corrected chi connectivity index (χ2v) is 3.97. The van der Waals surface area contributed by atoms with Gasteiger partial charge in [0.1, 0.15) is 11.6 Å². The van der Waals surface area contributed by atoms with Gasteiger partial charge < -0.3 is 0 Å². The number of hydrogen-bond donors (Lipinski definition) is 0. The summed E-state index contributed by atoms with van der Waals surface area (Å²) < 4.78 is 0. The van der Waals surface area contributed by atoms with Crippen molar-refractivity contribution >= 4 is 11.6 Å². The highest BCUT2D eigenvalue weighted by Gasteiger charge is 2.09. The van der Waals surface area contributed by atoms with Crippen LogP contribution in [0.3, 0.4) is 0 Å². The van der Waals surface area contributed by atoms with Crippen LogP contribution < -0.4 is 0 Å². The van der Waals surface area contributed by atoms with Gasteiger partial charge in [0.05, 0.1) is 0 Å². The average Bonchev–Trinajstić information content (AvgIpc) is 2.09. The molecule has 0 saturated heterocycles. The summed E-state index contributed by atoms with van der Waals surface area (Å²) >= 11 is 0. The van der Waals surface area contributed by atoms with Crippen LogP contribution in [0.15, 0.2) is 18.2 Å². The zero-order valence-electron chi connectivity index (χ0n) is 9.46. The molecule has 2 heteroatoms. The zero-order valence-corrected chi connectivity index (χ0v) is 9.46. The summed E-state index contributed by atoms with van der Waals surface area (Å²) in [5, 5.41) is 0. The number of Topliss-reactive ketones (excluding diaryl/α,β-unsaturated/α-hetero) is 2. The van der Waals surface area contributed by atoms with E-state index in [4.69, 9.17) is 0 Å². The zero-order chi connectivity index (χ0) is 11.4. The van der Waals surface area contributed by atoms with Gasteiger partial charge in [0.2, 0.25) is 0 Å². The molecule has 0 atom stereocenters. The maximum atomic E-state index is 11.1. The Hall–Kier alpha value is -1.44. The van der Waals surface area contributed by atoms with Crippen LogP contribution in [0.1, 0.15) is 30.5 Å². The number of aryl methyl sites for hydroxylation is 1. The van der Waals surface area contributed by atoms with Crippen LogP contribution in [0.25, 0.3) is 0 Å². The van der Waals surface area contributed by atoms with Gasteiger partial charge in [-0.25, -0.2) is 0 Å². The van der Waals surface area contributed by atoms with E-state index >= 15 is 0 Å². The number of carbonyl (C=O) groups excluding carboxylic acids is 2. The fraction of sp³-hybridized carbons (Fsp3) is 0.385. The van der Waals surface area contributed by atoms with Crippen LogP contribution in [-0.2, 0) is 22.4 Å². The summed E-state index contributed by atoms with van der Waals surface area (Å²) in [5.41, 5.74) is 3.09. The minimum Gasteiger partial charge on any atom is -0.300 e. The highest BCUT2D eigenvalue weighted by atomic mass is 16.1. The van der Waals surface area contributed by atoms with E-state index in [1.807, 2.05) is 25.1 Å². The Bertz CT molecular complexity index is 392. The predicted octanol–water partition coefficient (Wildman–Crippen LogP) is 2.26. The van der Waals surface area contributed by atoms with Crippen molar-refractivity contribution in [2.45, 2.75) is 33.6 Å². The molecular formula is C13H16O2. The van der Waals surface area contributed by atoms with Crippen molar-refractivity contribution < 1.29 is 9.59 Å². The van der Waals surface area contributed by atoms with Crippen LogP contribution in [0, 0.1) is 6.92 Å². The molecule has 0 saturated carbocycles. The van der Waals surface area contributed by atoms with Crippen molar-refractivity contribution in [3.05, 3.63) is 34.9 Å². The first-order valence-electron chi connectivity index (χ1n) is 5.07. The molecule has 15 heavy (non-hydrogen) atoms. The molecule has 0 unspecified atom stereocenters. The number of hydrogen-bond acceptors (Lipinski definition) is 2. The first-order valence-corrected chi connectivity index (χ1v) is 5.07. The molecule has 0 spiro atoms. The molecule has 0 aliphatic heterocycles. The van der Waals surface area contributed by atoms with Crippen LogP contribution >= 0.6 is 0 Å². The predicted molar refractivity (Wildman–Crippen MR) is 59.9 cm³/mol. The number of rotatable bonds is 4. The van der Waals surface area contributed by atoms with E-state index in [2.05, 4.69) is 0 Å². The Kier molecular flexibility index (Phi) is 3.78. The van der Waals surface area contributed by atoms with Gasteiger partial charge in [-0.1, -0.05) is 18.2 Å². The lowest BCUT2D eigenvalue weighted by Crippen LogP contribution is -2.06. The molecular weight excluding hydrogens is 188 g/mol. The largest absolute Gasteiger partial charge is 0.300 e. The van der Waals surface area contributed by atoms with Gasteiger partial charge in [-0.3, -0.25) is 9.59 Å². The average molecular weight is 204 g/mol. The Morgan fingerprint density at radius 1 is 1.07 bits per heavy atom. The highest BCUT2D eigenvalue weighted by Crippen LogP contribution is 2.16. The van der Waals surface area contributed by atoms with Gasteiger partial charge in [0.15, 0.2) is 0 Å². The first kappa shape index (κ1) is 11.6. The standard InChI is InChI=1S/C13H16O2/c1-9-5-4-6-12(7-10(2)14)13(9)8-11(3)15/h4-6H,7-8H2,1-3H3. The van der Waals surface area contributed by atoms with Gasteiger partial charge in [0.25, 0.3) is 0 Å². The Labute approximate surface area is 90.3 Å². The van der Waals surface area contributed by atoms with E-state index in [0.717, 1.165) is 16.7 Å². The monoisotopic (exact) mass is 204 g/mol. The molecule has 1 aromatic rings. The van der Waals surface area contributed by atoms with Crippen molar-refractivity contribution in [1.82, 2.24) is 0 Å². The Balaban J connectivity index is 3.08. The van der Waals surface area contributed by atoms with Crippen LogP contribution in [0.5, 0.6) is 0 Å². The molecule has 0 radical (unpaired) electrons. The normalized spacial score (nSPS) is 10.1. The lowest BCUT2D eigenvalue weighted by atomic mass is 9.95. The molecule has 0 bridgehead atoms. The molecule has 1 rings (SSSR count). The molecule has 1 aromatic carbocycles. The molecule has 0 heterocycles. The van der Waals surface area contributed by atoms with E-state index in [9.17, 15) is 9.59 Å². The van der Waals surface area contributed by atoms with Crippen molar-refractivity contribution in [2.75, 3.05) is 0 Å². The summed E-state index contributed by atoms with van der Waals surface area (Å²) in [7, 11) is 0. The summed E-state index contributed by atoms with van der Waals surface area (Å²) in [5.74, 6) is 0.263. The Morgan fingerprint density at radius 2 is 1.67 bits per heavy atom. The van der Waals surface area contributed by atoms with Gasteiger partial charge in [-0.15, -0.1) is 0 Å². The van der Waals surface area contributed by atoms with Gasteiger partial charge in [0, 0.05) is 12.8 Å². The highest BCUT2D eigenvalue weighted by molar-refractivity contribution is 5.81. The van der Waals surface area contributed by atoms with E-state index in [0.29, 0.717) is 12.8 Å². The van der Waals surface area contributed by atoms with Gasteiger partial charge >= 0.3 is 0 Å². The molecule has 0 aliphatic rings. The fourth-order valence-electron chi connectivity index (χ4n) is 1.70. The Morgan fingerprint density at radius 3 is 2.20 bits per heavy atom. The van der Waals surface area contributed by atoms with Crippen molar-refractivity contribution in [2.24, 2.45) is 0 Å². The SMILES string of the molecule is CC(=O)Cc1cccc(C)c1CC(C)=O. The van der Waals surface area contributed by atoms with Crippen molar-refractivity contribution in [3.63, 3.8) is 0 Å². The van der Waals surface area contributed by atoms with Gasteiger partial charge in [-0.2, -0.15) is 0 Å². The quantitative estimate of drug-likeness (QED) is 0.753. The van der Waals surface area contributed by atoms with Crippen LogP contribution in [-0.4, -0.2) is 11.6 Å². The summed E-state index contributed by atoms with van der Waals surface area (Å²) in [6, 6.07) is 5.83. The second kappa shape index (κ2) is 4.87. The van der Waals surface area contributed by atoms with E-state index in [-0.39, 0.29) is 11.6 Å². The van der Waals surface area contributed by atoms with Gasteiger partial charge in [-0.05, 0) is 37.5 Å². The van der Waals surface area contributed by atoms with Crippen LogP contribution in [0.2, 0.25) is 0 Å². The van der Waals surface area contributed by atoms with E-state index in [1.165, 1.54) is 0 Å². The van der Waals surface area contributed by atoms with Crippen molar-refractivity contribution in [3.8, 4) is 0 Å². The lowest BCUT2D eigenvalue weighted by Gasteiger charge is -2.09. The smallest absolute Gasteiger partial charge is 0.134 e. The third-order valence-corrected chi connectivity index (χ3v) is 2.37. The maximum absolute atomic E-state index is 11.1. The molecule has 0 amide bonds.